The fourth-order valence-corrected chi connectivity index (χ4v) is 3.07. The number of hydrogen-bond donors (Lipinski definition) is 2. The number of anilines is 1. The molecule has 0 radical (unpaired) electrons. The monoisotopic (exact) mass is 382 g/mol. The van der Waals surface area contributed by atoms with Crippen LogP contribution in [0.25, 0.3) is 0 Å². The maximum absolute atomic E-state index is 12.6. The van der Waals surface area contributed by atoms with Gasteiger partial charge in [0.15, 0.2) is 5.69 Å². The second kappa shape index (κ2) is 6.89. The molecule has 4 N–H and O–H groups in total. The van der Waals surface area contributed by atoms with E-state index in [0.717, 1.165) is 18.3 Å². The molecule has 11 heteroatoms. The van der Waals surface area contributed by atoms with Gasteiger partial charge in [-0.25, -0.2) is 4.98 Å². The van der Waals surface area contributed by atoms with Crippen molar-refractivity contribution in [3.8, 4) is 0 Å². The lowest BCUT2D eigenvalue weighted by Gasteiger charge is -2.33. The SMILES string of the molecule is NC(=O)c1ncn(C2CCN(C(=O)c3ccc(C(F)(F)F)nc3)CC2)c1N. The number of alkyl halides is 3. The molecule has 2 aromatic rings. The molecular formula is C16H17F3N6O2. The van der Waals surface area contributed by atoms with Gasteiger partial charge in [0.2, 0.25) is 0 Å². The number of rotatable bonds is 3. The number of nitrogens with zero attached hydrogens (tertiary/aromatic N) is 4. The molecule has 1 fully saturated rings. The number of pyridine rings is 1. The molecule has 0 bridgehead atoms. The van der Waals surface area contributed by atoms with E-state index in [0.29, 0.717) is 25.9 Å². The molecule has 2 aromatic heterocycles. The highest BCUT2D eigenvalue weighted by Crippen LogP contribution is 2.29. The van der Waals surface area contributed by atoms with Crippen LogP contribution in [0.4, 0.5) is 19.0 Å². The first-order valence-corrected chi connectivity index (χ1v) is 8.13. The molecule has 3 heterocycles. The third-order valence-electron chi connectivity index (χ3n) is 4.51. The van der Waals surface area contributed by atoms with E-state index in [1.54, 1.807) is 9.47 Å². The predicted octanol–water partition coefficient (Wildman–Crippen LogP) is 1.46. The number of carbonyl (C=O) groups is 2. The van der Waals surface area contributed by atoms with Crippen molar-refractivity contribution in [2.24, 2.45) is 5.73 Å². The Labute approximate surface area is 152 Å². The zero-order chi connectivity index (χ0) is 19.8. The van der Waals surface area contributed by atoms with Crippen LogP contribution in [0.15, 0.2) is 24.7 Å². The Balaban J connectivity index is 1.65. The molecule has 2 amide bonds. The Morgan fingerprint density at radius 2 is 1.81 bits per heavy atom. The van der Waals surface area contributed by atoms with Crippen molar-refractivity contribution in [3.63, 3.8) is 0 Å². The molecule has 0 spiro atoms. The Hall–Kier alpha value is -3.11. The van der Waals surface area contributed by atoms with Gasteiger partial charge in [0, 0.05) is 25.3 Å². The summed E-state index contributed by atoms with van der Waals surface area (Å²) in [5, 5.41) is 0. The average Bonchev–Trinajstić information content (AvgIpc) is 3.02. The number of amides is 2. The smallest absolute Gasteiger partial charge is 0.383 e. The largest absolute Gasteiger partial charge is 0.433 e. The lowest BCUT2D eigenvalue weighted by molar-refractivity contribution is -0.141. The standard InChI is InChI=1S/C16H17F3N6O2/c17-16(18,19)11-2-1-9(7-22-11)15(27)24-5-3-10(4-6-24)25-8-23-12(13(25)20)14(21)26/h1-2,7-8,10H,3-6,20H2,(H2,21,26). The van der Waals surface area contributed by atoms with Crippen LogP contribution in [-0.2, 0) is 6.18 Å². The average molecular weight is 382 g/mol. The molecule has 144 valence electrons. The number of nitrogens with two attached hydrogens (primary N) is 2. The van der Waals surface area contributed by atoms with Crippen molar-refractivity contribution in [1.29, 1.82) is 0 Å². The number of nitrogen functional groups attached to an aromatic ring is 1. The van der Waals surface area contributed by atoms with Crippen LogP contribution in [0, 0.1) is 0 Å². The number of imidazole rings is 1. The van der Waals surface area contributed by atoms with Crippen molar-refractivity contribution in [2.75, 3.05) is 18.8 Å². The molecule has 3 rings (SSSR count). The minimum Gasteiger partial charge on any atom is -0.383 e. The van der Waals surface area contributed by atoms with Gasteiger partial charge in [-0.15, -0.1) is 0 Å². The molecular weight excluding hydrogens is 365 g/mol. The molecule has 0 aliphatic carbocycles. The Morgan fingerprint density at radius 1 is 1.15 bits per heavy atom. The maximum atomic E-state index is 12.6. The summed E-state index contributed by atoms with van der Waals surface area (Å²) in [5.74, 6) is -0.918. The predicted molar refractivity (Wildman–Crippen MR) is 88.6 cm³/mol. The number of carbonyl (C=O) groups excluding carboxylic acids is 2. The highest BCUT2D eigenvalue weighted by molar-refractivity contribution is 5.95. The summed E-state index contributed by atoms with van der Waals surface area (Å²) >= 11 is 0. The summed E-state index contributed by atoms with van der Waals surface area (Å²) in [6, 6.07) is 1.86. The fourth-order valence-electron chi connectivity index (χ4n) is 3.07. The molecule has 0 saturated carbocycles. The third kappa shape index (κ3) is 3.71. The van der Waals surface area contributed by atoms with Crippen LogP contribution < -0.4 is 11.5 Å². The number of primary amides is 1. The van der Waals surface area contributed by atoms with Crippen molar-refractivity contribution >= 4 is 17.6 Å². The zero-order valence-corrected chi connectivity index (χ0v) is 14.1. The van der Waals surface area contributed by atoms with Gasteiger partial charge in [-0.05, 0) is 25.0 Å². The molecule has 1 aliphatic rings. The summed E-state index contributed by atoms with van der Waals surface area (Å²) in [6.07, 6.45) is -1.06. The second-order valence-electron chi connectivity index (χ2n) is 6.20. The number of hydrogen-bond acceptors (Lipinski definition) is 5. The molecule has 0 atom stereocenters. The van der Waals surface area contributed by atoms with Crippen molar-refractivity contribution in [2.45, 2.75) is 25.1 Å². The summed E-state index contributed by atoms with van der Waals surface area (Å²) in [5.41, 5.74) is 10.1. The topological polar surface area (TPSA) is 120 Å². The Kier molecular flexibility index (Phi) is 4.77. The minimum atomic E-state index is -4.55. The van der Waals surface area contributed by atoms with Gasteiger partial charge in [-0.2, -0.15) is 13.2 Å². The van der Waals surface area contributed by atoms with Gasteiger partial charge in [0.05, 0.1) is 11.9 Å². The highest BCUT2D eigenvalue weighted by atomic mass is 19.4. The lowest BCUT2D eigenvalue weighted by atomic mass is 10.0. The number of halogens is 3. The first kappa shape index (κ1) is 18.7. The van der Waals surface area contributed by atoms with Crippen LogP contribution in [0.5, 0.6) is 0 Å². The molecule has 0 aromatic carbocycles. The lowest BCUT2D eigenvalue weighted by Crippen LogP contribution is -2.39. The van der Waals surface area contributed by atoms with Gasteiger partial charge < -0.3 is 20.9 Å². The molecule has 27 heavy (non-hydrogen) atoms. The number of piperidine rings is 1. The van der Waals surface area contributed by atoms with Crippen LogP contribution in [0.1, 0.15) is 45.4 Å². The molecule has 1 saturated heterocycles. The highest BCUT2D eigenvalue weighted by Gasteiger charge is 2.33. The number of likely N-dealkylation sites (tertiary alicyclic amines) is 1. The second-order valence-corrected chi connectivity index (χ2v) is 6.20. The Bertz CT molecular complexity index is 854. The normalized spacial score (nSPS) is 15.7. The fraction of sp³-hybridized carbons (Fsp3) is 0.375. The Morgan fingerprint density at radius 3 is 2.30 bits per heavy atom. The van der Waals surface area contributed by atoms with Crippen LogP contribution >= 0.6 is 0 Å². The van der Waals surface area contributed by atoms with E-state index in [-0.39, 0.29) is 29.0 Å². The summed E-state index contributed by atoms with van der Waals surface area (Å²) in [4.78, 5) is 32.5. The quantitative estimate of drug-likeness (QED) is 0.833. The van der Waals surface area contributed by atoms with Gasteiger partial charge in [0.1, 0.15) is 11.5 Å². The van der Waals surface area contributed by atoms with Gasteiger partial charge >= 0.3 is 6.18 Å². The summed E-state index contributed by atoms with van der Waals surface area (Å²) < 4.78 is 39.3. The van der Waals surface area contributed by atoms with Crippen molar-refractivity contribution < 1.29 is 22.8 Å². The molecule has 0 unspecified atom stereocenters. The van der Waals surface area contributed by atoms with E-state index < -0.39 is 17.8 Å². The van der Waals surface area contributed by atoms with Gasteiger partial charge in [-0.1, -0.05) is 0 Å². The van der Waals surface area contributed by atoms with E-state index in [1.807, 2.05) is 0 Å². The summed E-state index contributed by atoms with van der Waals surface area (Å²) in [7, 11) is 0. The minimum absolute atomic E-state index is 0.00401. The van der Waals surface area contributed by atoms with Crippen molar-refractivity contribution in [3.05, 3.63) is 41.6 Å². The van der Waals surface area contributed by atoms with Crippen molar-refractivity contribution in [1.82, 2.24) is 19.4 Å². The van der Waals surface area contributed by atoms with Gasteiger partial charge in [-0.3, -0.25) is 14.6 Å². The summed E-state index contributed by atoms with van der Waals surface area (Å²) in [6.45, 7) is 0.766. The molecule has 8 nitrogen and oxygen atoms in total. The van der Waals surface area contributed by atoms with E-state index in [9.17, 15) is 22.8 Å². The van der Waals surface area contributed by atoms with E-state index >= 15 is 0 Å². The zero-order valence-electron chi connectivity index (χ0n) is 14.1. The molecule has 1 aliphatic heterocycles. The van der Waals surface area contributed by atoms with E-state index in [1.165, 1.54) is 6.33 Å². The van der Waals surface area contributed by atoms with E-state index in [4.69, 9.17) is 11.5 Å². The van der Waals surface area contributed by atoms with Gasteiger partial charge in [0.25, 0.3) is 11.8 Å². The maximum Gasteiger partial charge on any atom is 0.433 e. The number of aromatic nitrogens is 3. The third-order valence-corrected chi connectivity index (χ3v) is 4.51. The van der Waals surface area contributed by atoms with Crippen LogP contribution in [0.2, 0.25) is 0 Å². The van der Waals surface area contributed by atoms with Crippen LogP contribution in [0.3, 0.4) is 0 Å². The first-order valence-electron chi connectivity index (χ1n) is 8.13. The van der Waals surface area contributed by atoms with E-state index in [2.05, 4.69) is 9.97 Å². The first-order chi connectivity index (χ1) is 12.7. The van der Waals surface area contributed by atoms with Crippen LogP contribution in [-0.4, -0.2) is 44.3 Å².